The van der Waals surface area contributed by atoms with Gasteiger partial charge in [-0.2, -0.15) is 0 Å². The summed E-state index contributed by atoms with van der Waals surface area (Å²) in [5.74, 6) is 0.559. The Kier molecular flexibility index (Phi) is 5.71. The summed E-state index contributed by atoms with van der Waals surface area (Å²) in [5, 5.41) is 6.50. The van der Waals surface area contributed by atoms with E-state index < -0.39 is 0 Å². The lowest BCUT2D eigenvalue weighted by Gasteiger charge is -2.22. The van der Waals surface area contributed by atoms with Gasteiger partial charge in [-0.15, -0.1) is 11.3 Å². The summed E-state index contributed by atoms with van der Waals surface area (Å²) in [7, 11) is 0. The summed E-state index contributed by atoms with van der Waals surface area (Å²) < 4.78 is 1.13. The van der Waals surface area contributed by atoms with E-state index >= 15 is 0 Å². The maximum Gasteiger partial charge on any atom is 0.183 e. The maximum absolute atomic E-state index is 6.10. The van der Waals surface area contributed by atoms with Crippen LogP contribution in [-0.2, 0) is 0 Å². The minimum absolute atomic E-state index is 0.559. The first-order valence-corrected chi connectivity index (χ1v) is 11.2. The van der Waals surface area contributed by atoms with E-state index in [9.17, 15) is 0 Å². The van der Waals surface area contributed by atoms with Gasteiger partial charge < -0.3 is 16.0 Å². The number of amidine groups is 1. The number of fused-ring (bicyclic) bond motifs is 1. The Balaban J connectivity index is 1.41. The Morgan fingerprint density at radius 2 is 2.33 bits per heavy atom. The first kappa shape index (κ1) is 18.4. The van der Waals surface area contributed by atoms with Gasteiger partial charge in [0.15, 0.2) is 5.13 Å². The van der Waals surface area contributed by atoms with E-state index in [2.05, 4.69) is 28.2 Å². The summed E-state index contributed by atoms with van der Waals surface area (Å²) in [4.78, 5) is 12.8. The Labute approximate surface area is 167 Å². The number of benzene rings is 1. The van der Waals surface area contributed by atoms with Crippen LogP contribution in [-0.4, -0.2) is 41.4 Å². The molecular formula is C20H25N5S2. The van der Waals surface area contributed by atoms with Crippen LogP contribution in [0.2, 0.25) is 0 Å². The van der Waals surface area contributed by atoms with E-state index in [0.717, 1.165) is 45.0 Å². The summed E-state index contributed by atoms with van der Waals surface area (Å²) >= 11 is 3.28. The molecule has 0 bridgehead atoms. The van der Waals surface area contributed by atoms with Crippen molar-refractivity contribution in [2.24, 2.45) is 10.7 Å². The van der Waals surface area contributed by atoms with Gasteiger partial charge in [0.1, 0.15) is 5.84 Å². The number of nitrogens with zero attached hydrogens (tertiary/aromatic N) is 3. The fourth-order valence-corrected chi connectivity index (χ4v) is 5.21. The Bertz CT molecular complexity index is 916. The zero-order chi connectivity index (χ0) is 18.6. The molecule has 3 N–H and O–H groups in total. The fourth-order valence-electron chi connectivity index (χ4n) is 3.66. The van der Waals surface area contributed by atoms with E-state index in [-0.39, 0.29) is 0 Å². The molecule has 0 saturated carbocycles. The molecule has 3 heterocycles. The van der Waals surface area contributed by atoms with E-state index in [1.165, 1.54) is 25.8 Å². The average molecular weight is 400 g/mol. The van der Waals surface area contributed by atoms with Crippen molar-refractivity contribution in [3.63, 3.8) is 0 Å². The van der Waals surface area contributed by atoms with Crippen molar-refractivity contribution in [2.45, 2.75) is 32.2 Å². The zero-order valence-electron chi connectivity index (χ0n) is 15.5. The molecule has 5 nitrogen and oxygen atoms in total. The highest BCUT2D eigenvalue weighted by Crippen LogP contribution is 2.30. The normalized spacial score (nSPS) is 18.4. The van der Waals surface area contributed by atoms with Crippen molar-refractivity contribution < 1.29 is 0 Å². The fraction of sp³-hybridized carbons (Fsp3) is 0.400. The van der Waals surface area contributed by atoms with Gasteiger partial charge >= 0.3 is 0 Å². The highest BCUT2D eigenvalue weighted by atomic mass is 32.1. The molecule has 1 atom stereocenters. The molecule has 0 aliphatic carbocycles. The third kappa shape index (κ3) is 4.31. The molecule has 1 saturated heterocycles. The number of thiophene rings is 1. The van der Waals surface area contributed by atoms with Gasteiger partial charge in [0.2, 0.25) is 0 Å². The SMILES string of the molecule is CCN1CCCC1CCNc1nc2ccc(N=C(N)c3cccs3)cc2s1. The van der Waals surface area contributed by atoms with E-state index in [1.807, 2.05) is 29.6 Å². The van der Waals surface area contributed by atoms with Crippen LogP contribution in [0.15, 0.2) is 40.7 Å². The first-order valence-electron chi connectivity index (χ1n) is 9.49. The Morgan fingerprint density at radius 3 is 3.15 bits per heavy atom. The quantitative estimate of drug-likeness (QED) is 0.447. The number of anilines is 1. The van der Waals surface area contributed by atoms with Crippen molar-refractivity contribution in [2.75, 3.05) is 25.0 Å². The number of likely N-dealkylation sites (tertiary alicyclic amines) is 1. The summed E-state index contributed by atoms with van der Waals surface area (Å²) in [6, 6.07) is 10.8. The minimum atomic E-state index is 0.559. The number of thiazole rings is 1. The van der Waals surface area contributed by atoms with Crippen molar-refractivity contribution in [1.29, 1.82) is 0 Å². The van der Waals surface area contributed by atoms with E-state index in [0.29, 0.717) is 5.84 Å². The van der Waals surface area contributed by atoms with Crippen LogP contribution in [0.1, 0.15) is 31.1 Å². The summed E-state index contributed by atoms with van der Waals surface area (Å²) in [6.07, 6.45) is 3.83. The molecule has 0 spiro atoms. The third-order valence-corrected chi connectivity index (χ3v) is 6.92. The van der Waals surface area contributed by atoms with Gasteiger partial charge in [0.25, 0.3) is 0 Å². The number of hydrogen-bond donors (Lipinski definition) is 2. The summed E-state index contributed by atoms with van der Waals surface area (Å²) in [6.45, 7) is 5.63. The molecule has 1 unspecified atom stereocenters. The third-order valence-electron chi connectivity index (χ3n) is 5.05. The highest BCUT2D eigenvalue weighted by Gasteiger charge is 2.22. The molecule has 3 aromatic rings. The van der Waals surface area contributed by atoms with Crippen LogP contribution in [0.25, 0.3) is 10.2 Å². The molecule has 1 fully saturated rings. The first-order chi connectivity index (χ1) is 13.2. The molecule has 1 aliphatic rings. The van der Waals surface area contributed by atoms with E-state index in [1.54, 1.807) is 22.7 Å². The summed E-state index contributed by atoms with van der Waals surface area (Å²) in [5.41, 5.74) is 7.98. The maximum atomic E-state index is 6.10. The topological polar surface area (TPSA) is 66.5 Å². The number of aliphatic imine (C=N–C) groups is 1. The molecule has 1 aliphatic heterocycles. The minimum Gasteiger partial charge on any atom is -0.383 e. The zero-order valence-corrected chi connectivity index (χ0v) is 17.2. The molecule has 142 valence electrons. The Morgan fingerprint density at radius 1 is 1.41 bits per heavy atom. The highest BCUT2D eigenvalue weighted by molar-refractivity contribution is 7.22. The monoisotopic (exact) mass is 399 g/mol. The van der Waals surface area contributed by atoms with Gasteiger partial charge in [-0.1, -0.05) is 24.3 Å². The number of nitrogens with one attached hydrogen (secondary N) is 1. The van der Waals surface area contributed by atoms with Crippen molar-refractivity contribution in [3.05, 3.63) is 40.6 Å². The Hall–Kier alpha value is -1.96. The van der Waals surface area contributed by atoms with E-state index in [4.69, 9.17) is 10.7 Å². The number of aromatic nitrogens is 1. The van der Waals surface area contributed by atoms with Crippen LogP contribution < -0.4 is 11.1 Å². The van der Waals surface area contributed by atoms with Crippen LogP contribution in [0.3, 0.4) is 0 Å². The molecule has 4 rings (SSSR count). The smallest absolute Gasteiger partial charge is 0.183 e. The van der Waals surface area contributed by atoms with Crippen molar-refractivity contribution in [3.8, 4) is 0 Å². The second-order valence-corrected chi connectivity index (χ2v) is 8.76. The molecule has 2 aromatic heterocycles. The lowest BCUT2D eigenvalue weighted by molar-refractivity contribution is 0.259. The molecular weight excluding hydrogens is 374 g/mol. The van der Waals surface area contributed by atoms with Gasteiger partial charge in [-0.05, 0) is 62.0 Å². The van der Waals surface area contributed by atoms with Gasteiger partial charge in [0, 0.05) is 12.6 Å². The lowest BCUT2D eigenvalue weighted by Crippen LogP contribution is -2.30. The molecule has 1 aromatic carbocycles. The number of hydrogen-bond acceptors (Lipinski definition) is 6. The van der Waals surface area contributed by atoms with Crippen LogP contribution in [0.4, 0.5) is 10.8 Å². The van der Waals surface area contributed by atoms with Crippen molar-refractivity contribution >= 4 is 49.5 Å². The van der Waals surface area contributed by atoms with Gasteiger partial charge in [-0.25, -0.2) is 9.98 Å². The van der Waals surface area contributed by atoms with Gasteiger partial charge in [-0.3, -0.25) is 0 Å². The van der Waals surface area contributed by atoms with Crippen molar-refractivity contribution in [1.82, 2.24) is 9.88 Å². The second kappa shape index (κ2) is 8.37. The standard InChI is InChI=1S/C20H25N5S2/c1-2-25-11-3-5-15(25)9-10-22-20-24-16-8-7-14(13-18(16)27-20)23-19(21)17-6-4-12-26-17/h4,6-8,12-13,15H,2-3,5,9-11H2,1H3,(H2,21,23)(H,22,24). The predicted octanol–water partition coefficient (Wildman–Crippen LogP) is 4.68. The van der Waals surface area contributed by atoms with Gasteiger partial charge in [0.05, 0.1) is 20.8 Å². The number of rotatable bonds is 7. The molecule has 0 radical (unpaired) electrons. The van der Waals surface area contributed by atoms with Crippen LogP contribution in [0, 0.1) is 0 Å². The number of nitrogens with two attached hydrogens (primary N) is 1. The largest absolute Gasteiger partial charge is 0.383 e. The molecule has 0 amide bonds. The lowest BCUT2D eigenvalue weighted by atomic mass is 10.1. The van der Waals surface area contributed by atoms with Crippen LogP contribution in [0.5, 0.6) is 0 Å². The second-order valence-electron chi connectivity index (χ2n) is 6.79. The average Bonchev–Trinajstić information content (AvgIpc) is 3.41. The van der Waals surface area contributed by atoms with Crippen LogP contribution >= 0.6 is 22.7 Å². The molecule has 7 heteroatoms. The predicted molar refractivity (Wildman–Crippen MR) is 118 cm³/mol. The molecule has 27 heavy (non-hydrogen) atoms.